The smallest absolute Gasteiger partial charge is 0.0739 e. The summed E-state index contributed by atoms with van der Waals surface area (Å²) in [5, 5.41) is 1.17. The molecule has 0 aliphatic carbocycles. The van der Waals surface area contributed by atoms with Crippen LogP contribution in [-0.2, 0) is 20.1 Å². The van der Waals surface area contributed by atoms with Crippen molar-refractivity contribution in [2.24, 2.45) is 0 Å². The molecule has 83 valence electrons. The van der Waals surface area contributed by atoms with Gasteiger partial charge in [0.15, 0.2) is 0 Å². The van der Waals surface area contributed by atoms with Crippen LogP contribution in [-0.4, -0.2) is 9.97 Å². The summed E-state index contributed by atoms with van der Waals surface area (Å²) in [6.45, 7) is 4.19. The van der Waals surface area contributed by atoms with Gasteiger partial charge in [-0.1, -0.05) is 12.4 Å². The van der Waals surface area contributed by atoms with Crippen molar-refractivity contribution in [3.63, 3.8) is 0 Å². The molecular formula is C12H10IrN3-. The summed E-state index contributed by atoms with van der Waals surface area (Å²) in [6.07, 6.45) is 3.40. The molecule has 0 unspecified atom stereocenters. The van der Waals surface area contributed by atoms with Gasteiger partial charge >= 0.3 is 0 Å². The Kier molecular flexibility index (Phi) is 2.78. The number of imidazole rings is 1. The van der Waals surface area contributed by atoms with Crippen LogP contribution in [0.3, 0.4) is 0 Å². The van der Waals surface area contributed by atoms with Crippen molar-refractivity contribution >= 4 is 21.9 Å². The van der Waals surface area contributed by atoms with Crippen molar-refractivity contribution in [3.05, 3.63) is 35.8 Å². The number of aromatic nitrogens is 3. The minimum atomic E-state index is 0. The first-order valence-corrected chi connectivity index (χ1v) is 4.90. The van der Waals surface area contributed by atoms with Gasteiger partial charge in [0.05, 0.1) is 5.52 Å². The maximum absolute atomic E-state index is 4.38. The number of nitrogens with zero attached hydrogens (tertiary/aromatic N) is 3. The molecule has 0 N–H and O–H groups in total. The normalized spacial score (nSPS) is 10.6. The zero-order chi connectivity index (χ0) is 10.4. The third kappa shape index (κ3) is 1.38. The van der Waals surface area contributed by atoms with E-state index in [0.29, 0.717) is 0 Å². The first-order chi connectivity index (χ1) is 7.29. The zero-order valence-corrected chi connectivity index (χ0v) is 11.4. The van der Waals surface area contributed by atoms with Crippen LogP contribution in [0.15, 0.2) is 24.7 Å². The van der Waals surface area contributed by atoms with E-state index in [0.717, 1.165) is 16.6 Å². The van der Waals surface area contributed by atoms with E-state index in [4.69, 9.17) is 0 Å². The number of pyridine rings is 1. The molecule has 0 amide bonds. The SMILES string of the molecule is Cc1c(C)c2nc[n-]c2c2ncccc12.[Ir]. The molecule has 3 rings (SSSR count). The fourth-order valence-corrected chi connectivity index (χ4v) is 1.99. The molecular weight excluding hydrogens is 378 g/mol. The Morgan fingerprint density at radius 2 is 1.88 bits per heavy atom. The summed E-state index contributed by atoms with van der Waals surface area (Å²) < 4.78 is 0. The topological polar surface area (TPSA) is 39.9 Å². The van der Waals surface area contributed by atoms with Crippen LogP contribution in [0.4, 0.5) is 0 Å². The van der Waals surface area contributed by atoms with Gasteiger partial charge in [0.1, 0.15) is 0 Å². The number of aryl methyl sites for hydroxylation is 2. The van der Waals surface area contributed by atoms with Crippen LogP contribution >= 0.6 is 0 Å². The summed E-state index contributed by atoms with van der Waals surface area (Å²) in [5.74, 6) is 0. The number of benzene rings is 1. The Morgan fingerprint density at radius 1 is 1.06 bits per heavy atom. The summed E-state index contributed by atoms with van der Waals surface area (Å²) in [6, 6.07) is 4.04. The van der Waals surface area contributed by atoms with E-state index in [-0.39, 0.29) is 20.1 Å². The van der Waals surface area contributed by atoms with E-state index in [2.05, 4.69) is 34.9 Å². The standard InChI is InChI=1S/C12H10N3.Ir/c1-7-8(2)10-12(15-6-14-10)11-9(7)4-3-5-13-11;/h3-6H,1-2H3;/q-1;. The fraction of sp³-hybridized carbons (Fsp3) is 0.167. The average Bonchev–Trinajstić information content (AvgIpc) is 2.75. The van der Waals surface area contributed by atoms with Crippen LogP contribution < -0.4 is 4.98 Å². The molecule has 3 nitrogen and oxygen atoms in total. The molecule has 1 radical (unpaired) electrons. The van der Waals surface area contributed by atoms with Crippen molar-refractivity contribution < 1.29 is 20.1 Å². The van der Waals surface area contributed by atoms with Gasteiger partial charge in [0, 0.05) is 31.7 Å². The molecule has 0 atom stereocenters. The predicted molar refractivity (Wildman–Crippen MR) is 59.8 cm³/mol. The maximum atomic E-state index is 4.38. The van der Waals surface area contributed by atoms with E-state index in [1.54, 1.807) is 12.5 Å². The Bertz CT molecular complexity index is 658. The van der Waals surface area contributed by atoms with E-state index in [9.17, 15) is 0 Å². The van der Waals surface area contributed by atoms with Crippen molar-refractivity contribution in [3.8, 4) is 0 Å². The number of hydrogen-bond donors (Lipinski definition) is 0. The van der Waals surface area contributed by atoms with E-state index in [1.165, 1.54) is 16.5 Å². The molecule has 1 aromatic carbocycles. The van der Waals surface area contributed by atoms with Gasteiger partial charge in [0.2, 0.25) is 0 Å². The van der Waals surface area contributed by atoms with Gasteiger partial charge in [-0.15, -0.1) is 0 Å². The Labute approximate surface area is 107 Å². The first-order valence-electron chi connectivity index (χ1n) is 4.90. The Balaban J connectivity index is 0.000000963. The molecule has 2 aromatic heterocycles. The molecule has 2 heterocycles. The largest absolute Gasteiger partial charge is 0.443 e. The number of rotatable bonds is 0. The maximum Gasteiger partial charge on any atom is 0.0739 e. The second kappa shape index (κ2) is 3.96. The van der Waals surface area contributed by atoms with Crippen molar-refractivity contribution in [2.45, 2.75) is 13.8 Å². The molecule has 0 aliphatic rings. The van der Waals surface area contributed by atoms with E-state index in [1.807, 2.05) is 6.07 Å². The van der Waals surface area contributed by atoms with Crippen LogP contribution in [0.25, 0.3) is 21.9 Å². The van der Waals surface area contributed by atoms with Gasteiger partial charge in [-0.05, 0) is 42.1 Å². The second-order valence-corrected chi connectivity index (χ2v) is 3.72. The predicted octanol–water partition coefficient (Wildman–Crippen LogP) is 2.35. The van der Waals surface area contributed by atoms with E-state index >= 15 is 0 Å². The molecule has 0 spiro atoms. The minimum Gasteiger partial charge on any atom is -0.443 e. The molecule has 0 saturated heterocycles. The molecule has 4 heteroatoms. The van der Waals surface area contributed by atoms with Crippen LogP contribution in [0.5, 0.6) is 0 Å². The molecule has 0 bridgehead atoms. The summed E-state index contributed by atoms with van der Waals surface area (Å²) in [5.41, 5.74) is 5.27. The third-order valence-electron chi connectivity index (χ3n) is 2.95. The summed E-state index contributed by atoms with van der Waals surface area (Å²) in [4.78, 5) is 12.9. The quantitative estimate of drug-likeness (QED) is 0.594. The van der Waals surface area contributed by atoms with Gasteiger partial charge in [-0.2, -0.15) is 0 Å². The van der Waals surface area contributed by atoms with Gasteiger partial charge in [-0.3, -0.25) is 4.98 Å². The summed E-state index contributed by atoms with van der Waals surface area (Å²) in [7, 11) is 0. The third-order valence-corrected chi connectivity index (χ3v) is 2.95. The van der Waals surface area contributed by atoms with Gasteiger partial charge in [-0.25, -0.2) is 0 Å². The molecule has 0 aliphatic heterocycles. The van der Waals surface area contributed by atoms with Crippen molar-refractivity contribution in [1.29, 1.82) is 0 Å². The van der Waals surface area contributed by atoms with Gasteiger partial charge < -0.3 is 9.97 Å². The van der Waals surface area contributed by atoms with Crippen molar-refractivity contribution in [1.82, 2.24) is 15.0 Å². The molecule has 0 saturated carbocycles. The van der Waals surface area contributed by atoms with Crippen LogP contribution in [0, 0.1) is 13.8 Å². The van der Waals surface area contributed by atoms with E-state index < -0.39 is 0 Å². The Hall–Kier alpha value is -1.25. The fourth-order valence-electron chi connectivity index (χ4n) is 1.99. The second-order valence-electron chi connectivity index (χ2n) is 3.72. The van der Waals surface area contributed by atoms with Crippen LogP contribution in [0.2, 0.25) is 0 Å². The minimum absolute atomic E-state index is 0. The van der Waals surface area contributed by atoms with Crippen LogP contribution in [0.1, 0.15) is 11.1 Å². The zero-order valence-electron chi connectivity index (χ0n) is 8.98. The number of fused-ring (bicyclic) bond motifs is 3. The van der Waals surface area contributed by atoms with Crippen molar-refractivity contribution in [2.75, 3.05) is 0 Å². The average molecular weight is 388 g/mol. The molecule has 0 fully saturated rings. The Morgan fingerprint density at radius 3 is 2.69 bits per heavy atom. The first kappa shape index (κ1) is 11.2. The molecule has 3 aromatic rings. The molecule has 16 heavy (non-hydrogen) atoms. The number of hydrogen-bond acceptors (Lipinski definition) is 2. The monoisotopic (exact) mass is 389 g/mol. The van der Waals surface area contributed by atoms with Gasteiger partial charge in [0.25, 0.3) is 0 Å². The summed E-state index contributed by atoms with van der Waals surface area (Å²) >= 11 is 0.